The smallest absolute Gasteiger partial charge is 0.331 e. The summed E-state index contributed by atoms with van der Waals surface area (Å²) in [5.74, 6) is -0.698. The van der Waals surface area contributed by atoms with Gasteiger partial charge in [0.25, 0.3) is 0 Å². The Balaban J connectivity index is 2.54. The molecule has 1 amide bonds. The van der Waals surface area contributed by atoms with Crippen molar-refractivity contribution in [3.63, 3.8) is 0 Å². The number of hydrogen-bond donors (Lipinski definition) is 2. The van der Waals surface area contributed by atoms with Gasteiger partial charge in [-0.15, -0.1) is 0 Å². The molecule has 0 aliphatic rings. The molecule has 21 heavy (non-hydrogen) atoms. The van der Waals surface area contributed by atoms with Crippen molar-refractivity contribution in [2.75, 3.05) is 20.8 Å². The van der Waals surface area contributed by atoms with Gasteiger partial charge in [0, 0.05) is 13.5 Å². The summed E-state index contributed by atoms with van der Waals surface area (Å²) in [6, 6.07) is 7.38. The SMILES string of the molecule is COCC(C)(NC(=O)CCc1ccc(OC)cc1)C(=O)O. The summed E-state index contributed by atoms with van der Waals surface area (Å²) in [6.07, 6.45) is 0.734. The molecule has 116 valence electrons. The van der Waals surface area contributed by atoms with Crippen molar-refractivity contribution in [3.8, 4) is 5.75 Å². The molecular weight excluding hydrogens is 274 g/mol. The highest BCUT2D eigenvalue weighted by Crippen LogP contribution is 2.13. The van der Waals surface area contributed by atoms with E-state index < -0.39 is 11.5 Å². The molecule has 0 saturated carbocycles. The highest BCUT2D eigenvalue weighted by atomic mass is 16.5. The van der Waals surface area contributed by atoms with E-state index in [-0.39, 0.29) is 18.9 Å². The Labute approximate surface area is 124 Å². The van der Waals surface area contributed by atoms with Crippen LogP contribution in [0.2, 0.25) is 0 Å². The first-order valence-corrected chi connectivity index (χ1v) is 6.57. The van der Waals surface area contributed by atoms with Crippen LogP contribution >= 0.6 is 0 Å². The second kappa shape index (κ2) is 7.64. The lowest BCUT2D eigenvalue weighted by molar-refractivity contribution is -0.149. The Bertz CT molecular complexity index is 485. The lowest BCUT2D eigenvalue weighted by atomic mass is 10.0. The number of amides is 1. The number of carboxylic acids is 1. The summed E-state index contributed by atoms with van der Waals surface area (Å²) in [7, 11) is 2.98. The van der Waals surface area contributed by atoms with Crippen molar-refractivity contribution in [1.82, 2.24) is 5.32 Å². The molecule has 1 aromatic rings. The fraction of sp³-hybridized carbons (Fsp3) is 0.467. The molecule has 0 aliphatic heterocycles. The van der Waals surface area contributed by atoms with Gasteiger partial charge in [0.1, 0.15) is 5.75 Å². The van der Waals surface area contributed by atoms with Gasteiger partial charge in [0.05, 0.1) is 13.7 Å². The second-order valence-corrected chi connectivity index (χ2v) is 4.97. The van der Waals surface area contributed by atoms with Gasteiger partial charge in [0.2, 0.25) is 5.91 Å². The van der Waals surface area contributed by atoms with E-state index >= 15 is 0 Å². The molecule has 0 bridgehead atoms. The Morgan fingerprint density at radius 2 is 1.86 bits per heavy atom. The molecule has 6 heteroatoms. The van der Waals surface area contributed by atoms with E-state index in [4.69, 9.17) is 14.6 Å². The third-order valence-corrected chi connectivity index (χ3v) is 3.12. The van der Waals surface area contributed by atoms with Gasteiger partial charge in [-0.05, 0) is 31.0 Å². The molecule has 0 radical (unpaired) electrons. The second-order valence-electron chi connectivity index (χ2n) is 4.97. The highest BCUT2D eigenvalue weighted by Gasteiger charge is 2.34. The number of ether oxygens (including phenoxy) is 2. The molecule has 6 nitrogen and oxygen atoms in total. The number of hydrogen-bond acceptors (Lipinski definition) is 4. The number of aryl methyl sites for hydroxylation is 1. The molecular formula is C15H21NO5. The van der Waals surface area contributed by atoms with Crippen molar-refractivity contribution in [3.05, 3.63) is 29.8 Å². The lowest BCUT2D eigenvalue weighted by Crippen LogP contribution is -2.55. The predicted octanol–water partition coefficient (Wildman–Crippen LogP) is 1.23. The molecule has 0 spiro atoms. The summed E-state index contributed by atoms with van der Waals surface area (Å²) >= 11 is 0. The van der Waals surface area contributed by atoms with Crippen LogP contribution in [0, 0.1) is 0 Å². The number of carbonyl (C=O) groups excluding carboxylic acids is 1. The Morgan fingerprint density at radius 1 is 1.24 bits per heavy atom. The number of methoxy groups -OCH3 is 2. The number of aliphatic carboxylic acids is 1. The van der Waals surface area contributed by atoms with E-state index in [1.807, 2.05) is 24.3 Å². The van der Waals surface area contributed by atoms with Crippen LogP contribution in [0.25, 0.3) is 0 Å². The van der Waals surface area contributed by atoms with Crippen LogP contribution in [0.3, 0.4) is 0 Å². The maximum Gasteiger partial charge on any atom is 0.331 e. The van der Waals surface area contributed by atoms with Crippen molar-refractivity contribution in [2.24, 2.45) is 0 Å². The summed E-state index contributed by atoms with van der Waals surface area (Å²) in [5.41, 5.74) is -0.430. The number of benzene rings is 1. The topological polar surface area (TPSA) is 84.9 Å². The maximum atomic E-state index is 11.9. The van der Waals surface area contributed by atoms with Crippen LogP contribution in [0.4, 0.5) is 0 Å². The predicted molar refractivity (Wildman–Crippen MR) is 77.4 cm³/mol. The molecule has 0 aliphatic carbocycles. The standard InChI is InChI=1S/C15H21NO5/c1-15(10-20-2,14(18)19)16-13(17)9-6-11-4-7-12(21-3)8-5-11/h4-5,7-8H,6,9-10H2,1-3H3,(H,16,17)(H,18,19). The van der Waals surface area contributed by atoms with E-state index in [9.17, 15) is 9.59 Å². The van der Waals surface area contributed by atoms with Gasteiger partial charge in [-0.3, -0.25) is 4.79 Å². The van der Waals surface area contributed by atoms with Crippen LogP contribution in [-0.4, -0.2) is 43.3 Å². The van der Waals surface area contributed by atoms with Gasteiger partial charge in [-0.25, -0.2) is 4.79 Å². The van der Waals surface area contributed by atoms with Gasteiger partial charge in [0.15, 0.2) is 5.54 Å². The van der Waals surface area contributed by atoms with Crippen LogP contribution in [0.1, 0.15) is 18.9 Å². The van der Waals surface area contributed by atoms with Crippen LogP contribution < -0.4 is 10.1 Å². The molecule has 1 rings (SSSR count). The van der Waals surface area contributed by atoms with Crippen molar-refractivity contribution >= 4 is 11.9 Å². The first-order chi connectivity index (χ1) is 9.91. The average molecular weight is 295 g/mol. The van der Waals surface area contributed by atoms with Crippen LogP contribution in [0.5, 0.6) is 5.75 Å². The third-order valence-electron chi connectivity index (χ3n) is 3.12. The van der Waals surface area contributed by atoms with Gasteiger partial charge in [-0.1, -0.05) is 12.1 Å². The van der Waals surface area contributed by atoms with E-state index in [1.165, 1.54) is 14.0 Å². The zero-order valence-electron chi connectivity index (χ0n) is 12.5. The minimum atomic E-state index is -1.41. The Kier molecular flexibility index (Phi) is 6.17. The van der Waals surface area contributed by atoms with Crippen LogP contribution in [0.15, 0.2) is 24.3 Å². The minimum Gasteiger partial charge on any atom is -0.497 e. The zero-order chi connectivity index (χ0) is 15.9. The fourth-order valence-corrected chi connectivity index (χ4v) is 1.86. The average Bonchev–Trinajstić information content (AvgIpc) is 2.45. The minimum absolute atomic E-state index is 0.0867. The van der Waals surface area contributed by atoms with Crippen molar-refractivity contribution < 1.29 is 24.2 Å². The van der Waals surface area contributed by atoms with E-state index in [0.29, 0.717) is 6.42 Å². The number of carboxylic acid groups (broad SMARTS) is 1. The summed E-state index contributed by atoms with van der Waals surface area (Å²) in [5, 5.41) is 11.6. The molecule has 1 atom stereocenters. The fourth-order valence-electron chi connectivity index (χ4n) is 1.86. The van der Waals surface area contributed by atoms with Crippen molar-refractivity contribution in [2.45, 2.75) is 25.3 Å². The van der Waals surface area contributed by atoms with Gasteiger partial charge >= 0.3 is 5.97 Å². The Morgan fingerprint density at radius 3 is 2.33 bits per heavy atom. The molecule has 0 heterocycles. The van der Waals surface area contributed by atoms with E-state index in [0.717, 1.165) is 11.3 Å². The first kappa shape index (κ1) is 17.0. The third kappa shape index (κ3) is 5.07. The Hall–Kier alpha value is -2.08. The normalized spacial score (nSPS) is 13.3. The zero-order valence-corrected chi connectivity index (χ0v) is 12.5. The summed E-state index contributed by atoms with van der Waals surface area (Å²) in [4.78, 5) is 23.1. The molecule has 0 saturated heterocycles. The molecule has 0 fully saturated rings. The van der Waals surface area contributed by atoms with Gasteiger partial charge in [-0.2, -0.15) is 0 Å². The van der Waals surface area contributed by atoms with E-state index in [1.54, 1.807) is 7.11 Å². The first-order valence-electron chi connectivity index (χ1n) is 6.57. The molecule has 2 N–H and O–H groups in total. The maximum absolute atomic E-state index is 11.9. The number of carbonyl (C=O) groups is 2. The lowest BCUT2D eigenvalue weighted by Gasteiger charge is -2.25. The summed E-state index contributed by atoms with van der Waals surface area (Å²) < 4.78 is 9.90. The number of rotatable bonds is 8. The van der Waals surface area contributed by atoms with Gasteiger partial charge < -0.3 is 19.9 Å². The van der Waals surface area contributed by atoms with E-state index in [2.05, 4.69) is 5.32 Å². The number of nitrogens with one attached hydrogen (secondary N) is 1. The molecule has 0 aromatic heterocycles. The quantitative estimate of drug-likeness (QED) is 0.753. The molecule has 1 unspecified atom stereocenters. The van der Waals surface area contributed by atoms with Crippen molar-refractivity contribution in [1.29, 1.82) is 0 Å². The molecule has 1 aromatic carbocycles. The largest absolute Gasteiger partial charge is 0.497 e. The highest BCUT2D eigenvalue weighted by molar-refractivity contribution is 5.86. The summed E-state index contributed by atoms with van der Waals surface area (Å²) in [6.45, 7) is 1.33. The monoisotopic (exact) mass is 295 g/mol. The van der Waals surface area contributed by atoms with Crippen LogP contribution in [-0.2, 0) is 20.7 Å².